The number of aliphatic hydroxyl groups is 1. The average Bonchev–Trinajstić information content (AvgIpc) is 3.02. The van der Waals surface area contributed by atoms with Crippen LogP contribution in [0.5, 0.6) is 0 Å². The van der Waals surface area contributed by atoms with Crippen LogP contribution in [0, 0.1) is 0 Å². The lowest BCUT2D eigenvalue weighted by molar-refractivity contribution is 0.0711. The number of anilines is 1. The Morgan fingerprint density at radius 2 is 2.07 bits per heavy atom. The van der Waals surface area contributed by atoms with Crippen LogP contribution in [0.4, 0.5) is 14.5 Å². The molecule has 2 N–H and O–H groups in total. The maximum atomic E-state index is 12.7. The molecular formula is C19H20F2N4O2. The summed E-state index contributed by atoms with van der Waals surface area (Å²) in [6.07, 6.45) is 0.161. The van der Waals surface area contributed by atoms with Gasteiger partial charge in [0.1, 0.15) is 11.4 Å². The Labute approximate surface area is 154 Å². The predicted molar refractivity (Wildman–Crippen MR) is 97.0 cm³/mol. The van der Waals surface area contributed by atoms with Crippen molar-refractivity contribution in [2.45, 2.75) is 38.7 Å². The highest BCUT2D eigenvalue weighted by atomic mass is 19.3. The summed E-state index contributed by atoms with van der Waals surface area (Å²) >= 11 is 0. The predicted octanol–water partition coefficient (Wildman–Crippen LogP) is 3.62. The Bertz CT molecular complexity index is 964. The molecule has 3 heterocycles. The van der Waals surface area contributed by atoms with Gasteiger partial charge in [0.25, 0.3) is 12.3 Å². The number of nitrogens with zero attached hydrogens (tertiary/aromatic N) is 3. The van der Waals surface area contributed by atoms with Crippen molar-refractivity contribution in [3.63, 3.8) is 0 Å². The van der Waals surface area contributed by atoms with Gasteiger partial charge in [-0.3, -0.25) is 4.79 Å². The fourth-order valence-corrected chi connectivity index (χ4v) is 2.58. The molecule has 0 radical (unpaired) electrons. The van der Waals surface area contributed by atoms with Gasteiger partial charge in [-0.2, -0.15) is 5.10 Å². The van der Waals surface area contributed by atoms with E-state index in [4.69, 9.17) is 0 Å². The zero-order valence-electron chi connectivity index (χ0n) is 15.0. The van der Waals surface area contributed by atoms with Gasteiger partial charge in [0.2, 0.25) is 0 Å². The molecule has 0 aliphatic rings. The van der Waals surface area contributed by atoms with Gasteiger partial charge in [-0.25, -0.2) is 18.3 Å². The van der Waals surface area contributed by atoms with Crippen molar-refractivity contribution >= 4 is 17.1 Å². The highest BCUT2D eigenvalue weighted by molar-refractivity contribution is 6.03. The number of amides is 1. The third-order valence-electron chi connectivity index (χ3n) is 3.99. The molecule has 0 fully saturated rings. The van der Waals surface area contributed by atoms with Gasteiger partial charge < -0.3 is 10.4 Å². The van der Waals surface area contributed by atoms with Gasteiger partial charge in [0.15, 0.2) is 0 Å². The van der Waals surface area contributed by atoms with Crippen molar-refractivity contribution in [1.82, 2.24) is 14.6 Å². The third kappa shape index (κ3) is 4.85. The zero-order valence-corrected chi connectivity index (χ0v) is 15.0. The number of hydrogen-bond donors (Lipinski definition) is 2. The number of carbonyl (C=O) groups excluding carboxylic acids is 1. The fourth-order valence-electron chi connectivity index (χ4n) is 2.58. The van der Waals surface area contributed by atoms with Crippen molar-refractivity contribution in [2.24, 2.45) is 0 Å². The number of fused-ring (bicyclic) bond motifs is 1. The molecule has 3 aromatic rings. The van der Waals surface area contributed by atoms with E-state index in [1.165, 1.54) is 18.2 Å². The van der Waals surface area contributed by atoms with E-state index in [0.717, 1.165) is 11.2 Å². The van der Waals surface area contributed by atoms with Crippen LogP contribution in [0.1, 0.15) is 48.6 Å². The second-order valence-corrected chi connectivity index (χ2v) is 6.94. The number of halogens is 2. The number of pyridine rings is 2. The standard InChI is InChI=1S/C19H20F2N4O2/c1-19(2,27)8-6-13-11-14-10-12(7-9-25(14)24-13)22-18(26)16-5-3-4-15(23-16)17(20)21/h3-5,7,9-11,17,27H,6,8H2,1-2H3,(H,22,26). The van der Waals surface area contributed by atoms with Gasteiger partial charge in [-0.1, -0.05) is 6.07 Å². The molecule has 0 saturated heterocycles. The second-order valence-electron chi connectivity index (χ2n) is 6.94. The molecule has 8 heteroatoms. The van der Waals surface area contributed by atoms with E-state index in [1.54, 1.807) is 36.7 Å². The van der Waals surface area contributed by atoms with E-state index >= 15 is 0 Å². The molecule has 3 aromatic heterocycles. The molecule has 0 bridgehead atoms. The van der Waals surface area contributed by atoms with E-state index < -0.39 is 23.6 Å². The normalized spacial score (nSPS) is 11.9. The molecule has 0 unspecified atom stereocenters. The van der Waals surface area contributed by atoms with Crippen molar-refractivity contribution in [1.29, 1.82) is 0 Å². The van der Waals surface area contributed by atoms with Crippen LogP contribution in [0.3, 0.4) is 0 Å². The van der Waals surface area contributed by atoms with E-state index in [9.17, 15) is 18.7 Å². The monoisotopic (exact) mass is 374 g/mol. The summed E-state index contributed by atoms with van der Waals surface area (Å²) in [6, 6.07) is 9.20. The number of alkyl halides is 2. The lowest BCUT2D eigenvalue weighted by atomic mass is 10.0. The SMILES string of the molecule is CC(C)(O)CCc1cc2cc(NC(=O)c3cccc(C(F)F)n3)ccn2n1. The first-order chi connectivity index (χ1) is 12.7. The zero-order chi connectivity index (χ0) is 19.6. The molecule has 1 amide bonds. The summed E-state index contributed by atoms with van der Waals surface area (Å²) in [6.45, 7) is 3.49. The van der Waals surface area contributed by atoms with Crippen molar-refractivity contribution in [2.75, 3.05) is 5.32 Å². The summed E-state index contributed by atoms with van der Waals surface area (Å²) < 4.78 is 27.1. The number of rotatable bonds is 6. The van der Waals surface area contributed by atoms with Gasteiger partial charge in [0.05, 0.1) is 16.8 Å². The molecule has 142 valence electrons. The highest BCUT2D eigenvalue weighted by Crippen LogP contribution is 2.19. The Kier molecular flexibility index (Phi) is 5.18. The number of hydrogen-bond acceptors (Lipinski definition) is 4. The molecular weight excluding hydrogens is 354 g/mol. The van der Waals surface area contributed by atoms with Crippen LogP contribution in [0.2, 0.25) is 0 Å². The smallest absolute Gasteiger partial charge is 0.280 e. The summed E-state index contributed by atoms with van der Waals surface area (Å²) in [7, 11) is 0. The minimum absolute atomic E-state index is 0.0768. The largest absolute Gasteiger partial charge is 0.390 e. The molecule has 0 aromatic carbocycles. The third-order valence-corrected chi connectivity index (χ3v) is 3.99. The van der Waals surface area contributed by atoms with E-state index in [1.807, 2.05) is 6.07 Å². The highest BCUT2D eigenvalue weighted by Gasteiger charge is 2.15. The van der Waals surface area contributed by atoms with Crippen molar-refractivity contribution < 1.29 is 18.7 Å². The number of nitrogens with one attached hydrogen (secondary N) is 1. The lowest BCUT2D eigenvalue weighted by Crippen LogP contribution is -2.19. The average molecular weight is 374 g/mol. The number of aromatic nitrogens is 3. The molecule has 0 saturated carbocycles. The van der Waals surface area contributed by atoms with E-state index in [2.05, 4.69) is 15.4 Å². The van der Waals surface area contributed by atoms with Crippen LogP contribution >= 0.6 is 0 Å². The van der Waals surface area contributed by atoms with Crippen LogP contribution in [-0.4, -0.2) is 31.2 Å². The van der Waals surface area contributed by atoms with Gasteiger partial charge in [-0.15, -0.1) is 0 Å². The van der Waals surface area contributed by atoms with Crippen LogP contribution in [0.25, 0.3) is 5.52 Å². The maximum absolute atomic E-state index is 12.7. The van der Waals surface area contributed by atoms with Gasteiger partial charge in [-0.05, 0) is 57.0 Å². The number of aryl methyl sites for hydroxylation is 1. The number of carbonyl (C=O) groups is 1. The molecule has 0 aliphatic heterocycles. The Balaban J connectivity index is 1.75. The second kappa shape index (κ2) is 7.40. The summed E-state index contributed by atoms with van der Waals surface area (Å²) in [5.41, 5.74) is 0.817. The summed E-state index contributed by atoms with van der Waals surface area (Å²) in [5.74, 6) is -0.566. The molecule has 0 spiro atoms. The Morgan fingerprint density at radius 1 is 1.30 bits per heavy atom. The van der Waals surface area contributed by atoms with E-state index in [-0.39, 0.29) is 5.69 Å². The van der Waals surface area contributed by atoms with E-state index in [0.29, 0.717) is 18.5 Å². The fraction of sp³-hybridized carbons (Fsp3) is 0.316. The van der Waals surface area contributed by atoms with Gasteiger partial charge in [0, 0.05) is 11.9 Å². The lowest BCUT2D eigenvalue weighted by Gasteiger charge is -2.15. The minimum atomic E-state index is -2.73. The van der Waals surface area contributed by atoms with Crippen LogP contribution < -0.4 is 5.32 Å². The summed E-state index contributed by atoms with van der Waals surface area (Å²) in [4.78, 5) is 16.0. The molecule has 3 rings (SSSR count). The molecule has 27 heavy (non-hydrogen) atoms. The summed E-state index contributed by atoms with van der Waals surface area (Å²) in [5, 5.41) is 16.9. The van der Waals surface area contributed by atoms with Crippen LogP contribution in [-0.2, 0) is 6.42 Å². The minimum Gasteiger partial charge on any atom is -0.390 e. The van der Waals surface area contributed by atoms with Crippen LogP contribution in [0.15, 0.2) is 42.6 Å². The van der Waals surface area contributed by atoms with Crippen molar-refractivity contribution in [3.05, 3.63) is 59.7 Å². The Morgan fingerprint density at radius 3 is 2.78 bits per heavy atom. The maximum Gasteiger partial charge on any atom is 0.280 e. The first kappa shape index (κ1) is 18.9. The Hall–Kier alpha value is -2.87. The quantitative estimate of drug-likeness (QED) is 0.691. The van der Waals surface area contributed by atoms with Gasteiger partial charge >= 0.3 is 0 Å². The molecule has 0 atom stereocenters. The first-order valence-corrected chi connectivity index (χ1v) is 8.48. The topological polar surface area (TPSA) is 79.5 Å². The molecule has 6 nitrogen and oxygen atoms in total. The first-order valence-electron chi connectivity index (χ1n) is 8.48. The van der Waals surface area contributed by atoms with Crippen molar-refractivity contribution in [3.8, 4) is 0 Å². The molecule has 0 aliphatic carbocycles.